The highest BCUT2D eigenvalue weighted by atomic mass is 16.5. The minimum absolute atomic E-state index is 0.682. The molecule has 0 saturated carbocycles. The van der Waals surface area contributed by atoms with Gasteiger partial charge >= 0.3 is 0 Å². The summed E-state index contributed by atoms with van der Waals surface area (Å²) in [6, 6.07) is 0. The minimum atomic E-state index is 0.682. The summed E-state index contributed by atoms with van der Waals surface area (Å²) in [5.74, 6) is 0.867. The van der Waals surface area contributed by atoms with E-state index in [1.54, 1.807) is 0 Å². The van der Waals surface area contributed by atoms with Gasteiger partial charge in [0.15, 0.2) is 5.96 Å². The van der Waals surface area contributed by atoms with E-state index in [2.05, 4.69) is 34.7 Å². The third kappa shape index (κ3) is 9.52. The van der Waals surface area contributed by atoms with Crippen molar-refractivity contribution in [2.45, 2.75) is 27.2 Å². The summed E-state index contributed by atoms with van der Waals surface area (Å²) in [5, 5.41) is 6.46. The molecule has 0 bridgehead atoms. The van der Waals surface area contributed by atoms with Crippen LogP contribution in [0.5, 0.6) is 0 Å². The summed E-state index contributed by atoms with van der Waals surface area (Å²) < 4.78 is 5.23. The Hall–Kier alpha value is -1.03. The Morgan fingerprint density at radius 1 is 1.31 bits per heavy atom. The Morgan fingerprint density at radius 2 is 2.12 bits per heavy atom. The molecule has 16 heavy (non-hydrogen) atoms. The van der Waals surface area contributed by atoms with Crippen molar-refractivity contribution in [1.82, 2.24) is 10.6 Å². The number of guanidine groups is 1. The van der Waals surface area contributed by atoms with Gasteiger partial charge in [0.05, 0.1) is 13.2 Å². The van der Waals surface area contributed by atoms with Crippen LogP contribution in [0.4, 0.5) is 0 Å². The molecule has 0 aliphatic carbocycles. The standard InChI is InChI=1S/C12H25N3O/c1-4-7-8-9-14-12(13-5-2)15-10-11-16-6-3/h4,7H,5-6,8-11H2,1-3H3,(H2,13,14,15). The number of allylic oxidation sites excluding steroid dienone is 1. The Labute approximate surface area is 99.2 Å². The number of nitrogens with zero attached hydrogens (tertiary/aromatic N) is 1. The van der Waals surface area contributed by atoms with Crippen molar-refractivity contribution in [2.24, 2.45) is 4.99 Å². The zero-order valence-corrected chi connectivity index (χ0v) is 10.8. The van der Waals surface area contributed by atoms with Gasteiger partial charge in [-0.2, -0.15) is 0 Å². The van der Waals surface area contributed by atoms with Crippen LogP contribution in [0.2, 0.25) is 0 Å². The zero-order valence-electron chi connectivity index (χ0n) is 10.8. The van der Waals surface area contributed by atoms with Crippen LogP contribution in [0.25, 0.3) is 0 Å². The Balaban J connectivity index is 3.75. The van der Waals surface area contributed by atoms with Crippen LogP contribution in [-0.2, 0) is 4.74 Å². The first-order valence-corrected chi connectivity index (χ1v) is 6.06. The van der Waals surface area contributed by atoms with Gasteiger partial charge in [-0.1, -0.05) is 12.2 Å². The molecular formula is C12H25N3O. The normalized spacial score (nSPS) is 12.1. The molecule has 0 spiro atoms. The number of hydrogen-bond donors (Lipinski definition) is 2. The molecule has 0 amide bonds. The zero-order chi connectivity index (χ0) is 12.1. The van der Waals surface area contributed by atoms with Crippen LogP contribution < -0.4 is 10.6 Å². The second-order valence-corrected chi connectivity index (χ2v) is 3.24. The average molecular weight is 227 g/mol. The number of hydrogen-bond acceptors (Lipinski definition) is 2. The quantitative estimate of drug-likeness (QED) is 0.286. The first-order valence-electron chi connectivity index (χ1n) is 6.06. The van der Waals surface area contributed by atoms with Crippen molar-refractivity contribution in [3.63, 3.8) is 0 Å². The number of rotatable bonds is 8. The van der Waals surface area contributed by atoms with Gasteiger partial charge in [-0.15, -0.1) is 0 Å². The molecule has 0 aromatic heterocycles. The lowest BCUT2D eigenvalue weighted by molar-refractivity contribution is 0.155. The molecule has 0 aromatic carbocycles. The molecule has 4 heteroatoms. The second kappa shape index (κ2) is 12.0. The van der Waals surface area contributed by atoms with Gasteiger partial charge in [0.1, 0.15) is 0 Å². The van der Waals surface area contributed by atoms with Crippen LogP contribution in [0.15, 0.2) is 17.1 Å². The molecule has 0 fully saturated rings. The molecule has 2 N–H and O–H groups in total. The average Bonchev–Trinajstić information content (AvgIpc) is 2.30. The highest BCUT2D eigenvalue weighted by Crippen LogP contribution is 1.81. The van der Waals surface area contributed by atoms with Crippen LogP contribution >= 0.6 is 0 Å². The van der Waals surface area contributed by atoms with E-state index in [0.717, 1.165) is 32.1 Å². The maximum atomic E-state index is 5.23. The van der Waals surface area contributed by atoms with E-state index in [0.29, 0.717) is 13.2 Å². The van der Waals surface area contributed by atoms with Crippen molar-refractivity contribution in [3.05, 3.63) is 12.2 Å². The van der Waals surface area contributed by atoms with Gasteiger partial charge < -0.3 is 15.4 Å². The SMILES string of the molecule is CC=CCCNC(=NCCOCC)NCC. The fourth-order valence-corrected chi connectivity index (χ4v) is 1.15. The van der Waals surface area contributed by atoms with Gasteiger partial charge in [-0.3, -0.25) is 4.99 Å². The van der Waals surface area contributed by atoms with Crippen molar-refractivity contribution in [1.29, 1.82) is 0 Å². The largest absolute Gasteiger partial charge is 0.380 e. The second-order valence-electron chi connectivity index (χ2n) is 3.24. The lowest BCUT2D eigenvalue weighted by Gasteiger charge is -2.10. The predicted molar refractivity (Wildman–Crippen MR) is 69.9 cm³/mol. The summed E-state index contributed by atoms with van der Waals surface area (Å²) in [6.45, 7) is 10.0. The fraction of sp³-hybridized carbons (Fsp3) is 0.750. The van der Waals surface area contributed by atoms with E-state index >= 15 is 0 Å². The van der Waals surface area contributed by atoms with E-state index in [-0.39, 0.29) is 0 Å². The molecule has 0 saturated heterocycles. The van der Waals surface area contributed by atoms with Crippen molar-refractivity contribution < 1.29 is 4.74 Å². The molecular weight excluding hydrogens is 202 g/mol. The smallest absolute Gasteiger partial charge is 0.191 e. The molecule has 0 unspecified atom stereocenters. The topological polar surface area (TPSA) is 45.7 Å². The van der Waals surface area contributed by atoms with Gasteiger partial charge in [-0.25, -0.2) is 0 Å². The fourth-order valence-electron chi connectivity index (χ4n) is 1.15. The molecule has 0 aromatic rings. The summed E-state index contributed by atoms with van der Waals surface area (Å²) in [7, 11) is 0. The maximum Gasteiger partial charge on any atom is 0.191 e. The molecule has 4 nitrogen and oxygen atoms in total. The van der Waals surface area contributed by atoms with Crippen LogP contribution in [-0.4, -0.2) is 38.8 Å². The summed E-state index contributed by atoms with van der Waals surface area (Å²) in [6.07, 6.45) is 5.21. The van der Waals surface area contributed by atoms with Crippen LogP contribution in [0.3, 0.4) is 0 Å². The first-order chi connectivity index (χ1) is 7.85. The molecule has 0 heterocycles. The third-order valence-electron chi connectivity index (χ3n) is 1.89. The van der Waals surface area contributed by atoms with E-state index in [1.165, 1.54) is 0 Å². The third-order valence-corrected chi connectivity index (χ3v) is 1.89. The first kappa shape index (κ1) is 15.0. The van der Waals surface area contributed by atoms with Crippen molar-refractivity contribution in [3.8, 4) is 0 Å². The van der Waals surface area contributed by atoms with Crippen molar-refractivity contribution in [2.75, 3.05) is 32.8 Å². The maximum absolute atomic E-state index is 5.23. The Morgan fingerprint density at radius 3 is 2.75 bits per heavy atom. The highest BCUT2D eigenvalue weighted by Gasteiger charge is 1.94. The molecule has 0 atom stereocenters. The molecule has 94 valence electrons. The van der Waals surface area contributed by atoms with Gasteiger partial charge in [0.25, 0.3) is 0 Å². The Kier molecular flexibility index (Phi) is 11.3. The van der Waals surface area contributed by atoms with E-state index in [4.69, 9.17) is 4.74 Å². The predicted octanol–water partition coefficient (Wildman–Crippen LogP) is 1.54. The number of aliphatic imine (C=N–C) groups is 1. The highest BCUT2D eigenvalue weighted by molar-refractivity contribution is 5.79. The summed E-state index contributed by atoms with van der Waals surface area (Å²) in [5.41, 5.74) is 0. The van der Waals surface area contributed by atoms with E-state index < -0.39 is 0 Å². The monoisotopic (exact) mass is 227 g/mol. The minimum Gasteiger partial charge on any atom is -0.380 e. The summed E-state index contributed by atoms with van der Waals surface area (Å²) >= 11 is 0. The van der Waals surface area contributed by atoms with Gasteiger partial charge in [-0.05, 0) is 27.2 Å². The van der Waals surface area contributed by atoms with Crippen LogP contribution in [0.1, 0.15) is 27.2 Å². The molecule has 0 radical (unpaired) electrons. The van der Waals surface area contributed by atoms with E-state index in [9.17, 15) is 0 Å². The number of nitrogens with one attached hydrogen (secondary N) is 2. The summed E-state index contributed by atoms with van der Waals surface area (Å²) in [4.78, 5) is 4.39. The van der Waals surface area contributed by atoms with Crippen molar-refractivity contribution >= 4 is 5.96 Å². The van der Waals surface area contributed by atoms with Gasteiger partial charge in [0, 0.05) is 19.7 Å². The molecule has 0 rings (SSSR count). The Bertz CT molecular complexity index is 202. The molecule has 0 aliphatic heterocycles. The van der Waals surface area contributed by atoms with E-state index in [1.807, 2.05) is 13.8 Å². The lowest BCUT2D eigenvalue weighted by atomic mass is 10.4. The van der Waals surface area contributed by atoms with Crippen LogP contribution in [0, 0.1) is 0 Å². The number of ether oxygens (including phenoxy) is 1. The van der Waals surface area contributed by atoms with Gasteiger partial charge in [0.2, 0.25) is 0 Å². The molecule has 0 aliphatic rings. The lowest BCUT2D eigenvalue weighted by Crippen LogP contribution is -2.37.